The van der Waals surface area contributed by atoms with Crippen LogP contribution in [0.4, 0.5) is 0 Å². The first-order chi connectivity index (χ1) is 8.38. The minimum absolute atomic E-state index is 0.0426. The Labute approximate surface area is 124 Å². The number of carboxylic acid groups (broad SMARTS) is 1. The number of carboxylic acids is 1. The molecular formula is C11H16BrClN2O2S. The molecule has 1 rings (SSSR count). The maximum Gasteiger partial charge on any atom is 0.317 e. The van der Waals surface area contributed by atoms with Crippen molar-refractivity contribution in [3.05, 3.63) is 19.8 Å². The molecule has 0 bridgehead atoms. The smallest absolute Gasteiger partial charge is 0.317 e. The van der Waals surface area contributed by atoms with Crippen LogP contribution >= 0.6 is 38.9 Å². The van der Waals surface area contributed by atoms with E-state index < -0.39 is 5.97 Å². The second-order valence-electron chi connectivity index (χ2n) is 4.24. The van der Waals surface area contributed by atoms with Crippen molar-refractivity contribution in [3.63, 3.8) is 0 Å². The lowest BCUT2D eigenvalue weighted by molar-refractivity contribution is -0.138. The molecular weight excluding hydrogens is 340 g/mol. The molecule has 0 aliphatic carbocycles. The highest BCUT2D eigenvalue weighted by atomic mass is 79.9. The third-order valence-corrected chi connectivity index (χ3v) is 4.76. The monoisotopic (exact) mass is 354 g/mol. The maximum absolute atomic E-state index is 10.8. The molecule has 0 atom stereocenters. The molecule has 7 heteroatoms. The van der Waals surface area contributed by atoms with E-state index in [1.54, 1.807) is 0 Å². The maximum atomic E-state index is 10.8. The summed E-state index contributed by atoms with van der Waals surface area (Å²) in [4.78, 5) is 15.8. The summed E-state index contributed by atoms with van der Waals surface area (Å²) in [7, 11) is 3.94. The summed E-state index contributed by atoms with van der Waals surface area (Å²) in [6, 6.07) is 1.94. The number of carbonyl (C=O) groups is 1. The molecule has 1 aromatic heterocycles. The van der Waals surface area contributed by atoms with Crippen molar-refractivity contribution in [2.75, 3.05) is 33.7 Å². The van der Waals surface area contributed by atoms with Gasteiger partial charge in [-0.15, -0.1) is 11.3 Å². The predicted octanol–water partition coefficient (Wildman–Crippen LogP) is 2.61. The zero-order valence-electron chi connectivity index (χ0n) is 10.3. The number of rotatable bonds is 7. The van der Waals surface area contributed by atoms with Crippen molar-refractivity contribution in [2.24, 2.45) is 0 Å². The summed E-state index contributed by atoms with van der Waals surface area (Å²) in [5.74, 6) is -0.810. The number of aliphatic carboxylic acids is 1. The zero-order chi connectivity index (χ0) is 13.7. The molecule has 0 spiro atoms. The molecule has 0 aromatic carbocycles. The largest absolute Gasteiger partial charge is 0.480 e. The van der Waals surface area contributed by atoms with Gasteiger partial charge < -0.3 is 10.0 Å². The van der Waals surface area contributed by atoms with Crippen molar-refractivity contribution in [1.29, 1.82) is 0 Å². The molecule has 0 saturated heterocycles. The third kappa shape index (κ3) is 5.67. The first-order valence-electron chi connectivity index (χ1n) is 5.41. The molecule has 0 radical (unpaired) electrons. The van der Waals surface area contributed by atoms with Gasteiger partial charge in [-0.3, -0.25) is 9.69 Å². The van der Waals surface area contributed by atoms with E-state index in [0.29, 0.717) is 17.4 Å². The summed E-state index contributed by atoms with van der Waals surface area (Å²) >= 11 is 10.8. The Morgan fingerprint density at radius 2 is 2.17 bits per heavy atom. The Kier molecular flexibility index (Phi) is 6.59. The van der Waals surface area contributed by atoms with Crippen LogP contribution in [0, 0.1) is 0 Å². The van der Waals surface area contributed by atoms with Gasteiger partial charge in [0, 0.05) is 29.0 Å². The number of likely N-dealkylation sites (N-methyl/N-ethyl adjacent to an activating group) is 1. The first kappa shape index (κ1) is 15.9. The fourth-order valence-corrected chi connectivity index (χ4v) is 3.27. The number of thiophene rings is 1. The molecule has 18 heavy (non-hydrogen) atoms. The van der Waals surface area contributed by atoms with E-state index in [-0.39, 0.29) is 6.54 Å². The van der Waals surface area contributed by atoms with E-state index in [9.17, 15) is 4.79 Å². The number of hydrogen-bond acceptors (Lipinski definition) is 4. The minimum Gasteiger partial charge on any atom is -0.480 e. The van der Waals surface area contributed by atoms with Crippen LogP contribution in [-0.2, 0) is 11.3 Å². The molecule has 4 nitrogen and oxygen atoms in total. The van der Waals surface area contributed by atoms with E-state index in [2.05, 4.69) is 15.9 Å². The Hall–Kier alpha value is -0.140. The summed E-state index contributed by atoms with van der Waals surface area (Å²) < 4.78 is 1.57. The lowest BCUT2D eigenvalue weighted by Crippen LogP contribution is -2.34. The van der Waals surface area contributed by atoms with E-state index >= 15 is 0 Å². The molecule has 0 amide bonds. The molecule has 0 unspecified atom stereocenters. The summed E-state index contributed by atoms with van der Waals surface area (Å²) in [6.45, 7) is 2.19. The summed E-state index contributed by atoms with van der Waals surface area (Å²) in [6.07, 6.45) is 0. The average Bonchev–Trinajstić information content (AvgIpc) is 2.54. The highest BCUT2D eigenvalue weighted by Gasteiger charge is 2.13. The third-order valence-electron chi connectivity index (χ3n) is 2.30. The van der Waals surface area contributed by atoms with E-state index in [0.717, 1.165) is 15.9 Å². The topological polar surface area (TPSA) is 43.8 Å². The molecule has 0 saturated carbocycles. The van der Waals surface area contributed by atoms with Crippen molar-refractivity contribution < 1.29 is 9.90 Å². The van der Waals surface area contributed by atoms with Crippen molar-refractivity contribution >= 4 is 44.8 Å². The molecule has 0 fully saturated rings. The quantitative estimate of drug-likeness (QED) is 0.816. The van der Waals surface area contributed by atoms with Gasteiger partial charge in [0.15, 0.2) is 0 Å². The highest BCUT2D eigenvalue weighted by Crippen LogP contribution is 2.32. The summed E-state index contributed by atoms with van der Waals surface area (Å²) in [5, 5.41) is 8.90. The number of hydrogen-bond donors (Lipinski definition) is 1. The van der Waals surface area contributed by atoms with Gasteiger partial charge in [-0.2, -0.15) is 0 Å². The Bertz CT molecular complexity index is 392. The van der Waals surface area contributed by atoms with Gasteiger partial charge in [-0.1, -0.05) is 11.6 Å². The first-order valence-corrected chi connectivity index (χ1v) is 7.40. The minimum atomic E-state index is -0.810. The van der Waals surface area contributed by atoms with Gasteiger partial charge in [-0.05, 0) is 36.1 Å². The second kappa shape index (κ2) is 7.45. The fourth-order valence-electron chi connectivity index (χ4n) is 1.44. The molecule has 1 aromatic rings. The van der Waals surface area contributed by atoms with E-state index in [1.807, 2.05) is 30.0 Å². The van der Waals surface area contributed by atoms with Gasteiger partial charge >= 0.3 is 5.97 Å². The number of halogens is 2. The Morgan fingerprint density at radius 3 is 2.61 bits per heavy atom. The van der Waals surface area contributed by atoms with Crippen LogP contribution in [0.1, 0.15) is 4.88 Å². The Morgan fingerprint density at radius 1 is 1.50 bits per heavy atom. The van der Waals surface area contributed by atoms with Crippen LogP contribution in [0.15, 0.2) is 10.5 Å². The van der Waals surface area contributed by atoms with Crippen LogP contribution < -0.4 is 0 Å². The number of nitrogens with zero attached hydrogens (tertiary/aromatic N) is 2. The van der Waals surface area contributed by atoms with Crippen LogP contribution in [0.2, 0.25) is 4.34 Å². The standard InChI is InChI=1S/C11H16BrClN2O2S/c1-14(2)3-4-15(7-10(16)17)6-8-5-9(12)11(13)18-8/h5H,3-4,6-7H2,1-2H3,(H,16,17). The molecule has 0 aliphatic rings. The predicted molar refractivity (Wildman–Crippen MR) is 78.5 cm³/mol. The molecule has 1 N–H and O–H groups in total. The van der Waals surface area contributed by atoms with Crippen molar-refractivity contribution in [1.82, 2.24) is 9.80 Å². The second-order valence-corrected chi connectivity index (χ2v) is 6.84. The van der Waals surface area contributed by atoms with Crippen LogP contribution in [0.5, 0.6) is 0 Å². The van der Waals surface area contributed by atoms with Crippen LogP contribution in [-0.4, -0.2) is 54.6 Å². The van der Waals surface area contributed by atoms with Crippen molar-refractivity contribution in [3.8, 4) is 0 Å². The summed E-state index contributed by atoms with van der Waals surface area (Å²) in [5.41, 5.74) is 0. The lowest BCUT2D eigenvalue weighted by Gasteiger charge is -2.21. The van der Waals surface area contributed by atoms with Crippen LogP contribution in [0.25, 0.3) is 0 Å². The zero-order valence-corrected chi connectivity index (χ0v) is 13.5. The average molecular weight is 356 g/mol. The molecule has 102 valence electrons. The fraction of sp³-hybridized carbons (Fsp3) is 0.545. The van der Waals surface area contributed by atoms with Gasteiger partial charge in [-0.25, -0.2) is 0 Å². The molecule has 0 aliphatic heterocycles. The van der Waals surface area contributed by atoms with Crippen LogP contribution in [0.3, 0.4) is 0 Å². The molecule has 1 heterocycles. The van der Waals surface area contributed by atoms with E-state index in [4.69, 9.17) is 16.7 Å². The SMILES string of the molecule is CN(C)CCN(CC(=O)O)Cc1cc(Br)c(Cl)s1. The Balaban J connectivity index is 2.62. The van der Waals surface area contributed by atoms with Gasteiger partial charge in [0.2, 0.25) is 0 Å². The van der Waals surface area contributed by atoms with Gasteiger partial charge in [0.25, 0.3) is 0 Å². The van der Waals surface area contributed by atoms with Crippen molar-refractivity contribution in [2.45, 2.75) is 6.54 Å². The highest BCUT2D eigenvalue weighted by molar-refractivity contribution is 9.10. The van der Waals surface area contributed by atoms with Gasteiger partial charge in [0.05, 0.1) is 6.54 Å². The van der Waals surface area contributed by atoms with Gasteiger partial charge in [0.1, 0.15) is 4.34 Å². The normalized spacial score (nSPS) is 11.4. The van der Waals surface area contributed by atoms with E-state index in [1.165, 1.54) is 11.3 Å². The lowest BCUT2D eigenvalue weighted by atomic mass is 10.4.